The highest BCUT2D eigenvalue weighted by Crippen LogP contribution is 2.29. The second-order valence-corrected chi connectivity index (χ2v) is 7.26. The zero-order valence-electron chi connectivity index (χ0n) is 15.1. The van der Waals surface area contributed by atoms with Crippen molar-refractivity contribution >= 4 is 34.9 Å². The van der Waals surface area contributed by atoms with E-state index in [0.717, 1.165) is 6.42 Å². The number of aryl methyl sites for hydroxylation is 1. The predicted octanol–water partition coefficient (Wildman–Crippen LogP) is 4.24. The van der Waals surface area contributed by atoms with Gasteiger partial charge in [0.15, 0.2) is 0 Å². The molecular formula is C20H22Cl2N2O3. The van der Waals surface area contributed by atoms with E-state index in [2.05, 4.69) is 6.92 Å². The monoisotopic (exact) mass is 408 g/mol. The van der Waals surface area contributed by atoms with Gasteiger partial charge in [-0.3, -0.25) is 4.90 Å². The van der Waals surface area contributed by atoms with E-state index in [-0.39, 0.29) is 19.2 Å². The van der Waals surface area contributed by atoms with Crippen LogP contribution in [0.3, 0.4) is 0 Å². The molecule has 144 valence electrons. The van der Waals surface area contributed by atoms with Gasteiger partial charge in [0.2, 0.25) is 0 Å². The summed E-state index contributed by atoms with van der Waals surface area (Å²) in [5, 5.41) is 11.1. The van der Waals surface area contributed by atoms with E-state index in [9.17, 15) is 9.90 Å². The van der Waals surface area contributed by atoms with Gasteiger partial charge in [0.05, 0.1) is 16.6 Å². The number of carbonyl (C=O) groups is 1. The van der Waals surface area contributed by atoms with E-state index in [4.69, 9.17) is 27.9 Å². The molecule has 27 heavy (non-hydrogen) atoms. The summed E-state index contributed by atoms with van der Waals surface area (Å²) in [6.07, 6.45) is 0.198. The molecule has 1 N–H and O–H groups in total. The first-order valence-electron chi connectivity index (χ1n) is 8.89. The molecule has 0 radical (unpaired) electrons. The molecule has 0 aromatic heterocycles. The quantitative estimate of drug-likeness (QED) is 0.745. The van der Waals surface area contributed by atoms with E-state index in [1.807, 2.05) is 24.3 Å². The summed E-state index contributed by atoms with van der Waals surface area (Å²) in [5.41, 5.74) is 1.92. The number of hydrogen-bond donors (Lipinski definition) is 1. The fourth-order valence-electron chi connectivity index (χ4n) is 2.97. The highest BCUT2D eigenvalue weighted by atomic mass is 35.5. The molecule has 0 bridgehead atoms. The molecule has 1 saturated heterocycles. The zero-order valence-corrected chi connectivity index (χ0v) is 16.6. The number of urea groups is 1. The highest BCUT2D eigenvalue weighted by Gasteiger charge is 2.31. The van der Waals surface area contributed by atoms with Gasteiger partial charge in [0, 0.05) is 18.8 Å². The standard InChI is InChI=1S/C20H22Cl2N2O3/c1-2-14-3-6-17(7-4-14)27-13-16(25)12-23-9-10-24(20(23)26)15-5-8-18(21)19(22)11-15/h3-8,11,16,25H,2,9-10,12-13H2,1H3/t16-/m0/s1. The van der Waals surface area contributed by atoms with Gasteiger partial charge in [-0.1, -0.05) is 42.3 Å². The maximum Gasteiger partial charge on any atom is 0.324 e. The average Bonchev–Trinajstić information content (AvgIpc) is 3.03. The second kappa shape index (κ2) is 8.83. The van der Waals surface area contributed by atoms with Gasteiger partial charge in [-0.25, -0.2) is 4.79 Å². The number of aliphatic hydroxyl groups excluding tert-OH is 1. The normalized spacial score (nSPS) is 15.3. The first-order valence-corrected chi connectivity index (χ1v) is 9.65. The number of ether oxygens (including phenoxy) is 1. The zero-order chi connectivity index (χ0) is 19.4. The number of carbonyl (C=O) groups excluding carboxylic acids is 1. The molecule has 1 heterocycles. The van der Waals surface area contributed by atoms with Crippen LogP contribution in [0.5, 0.6) is 5.75 Å². The summed E-state index contributed by atoms with van der Waals surface area (Å²) in [6, 6.07) is 12.7. The lowest BCUT2D eigenvalue weighted by Gasteiger charge is -2.21. The largest absolute Gasteiger partial charge is 0.491 e. The molecule has 5 nitrogen and oxygen atoms in total. The Morgan fingerprint density at radius 1 is 1.11 bits per heavy atom. The minimum absolute atomic E-state index is 0.127. The van der Waals surface area contributed by atoms with Crippen LogP contribution in [-0.2, 0) is 6.42 Å². The Morgan fingerprint density at radius 3 is 2.52 bits per heavy atom. The van der Waals surface area contributed by atoms with E-state index >= 15 is 0 Å². The molecule has 0 spiro atoms. The maximum atomic E-state index is 12.6. The molecule has 3 rings (SSSR count). The third-order valence-electron chi connectivity index (χ3n) is 4.51. The Labute approximate surface area is 169 Å². The molecule has 7 heteroatoms. The fraction of sp³-hybridized carbons (Fsp3) is 0.350. The van der Waals surface area contributed by atoms with Crippen LogP contribution in [0.25, 0.3) is 0 Å². The number of benzene rings is 2. The van der Waals surface area contributed by atoms with Gasteiger partial charge in [0.1, 0.15) is 18.5 Å². The molecule has 2 amide bonds. The van der Waals surface area contributed by atoms with Crippen molar-refractivity contribution < 1.29 is 14.6 Å². The van der Waals surface area contributed by atoms with E-state index in [1.54, 1.807) is 28.0 Å². The molecule has 0 saturated carbocycles. The first kappa shape index (κ1) is 19.8. The molecule has 0 unspecified atom stereocenters. The van der Waals surface area contributed by atoms with E-state index in [0.29, 0.717) is 34.6 Å². The van der Waals surface area contributed by atoms with Gasteiger partial charge < -0.3 is 14.7 Å². The van der Waals surface area contributed by atoms with Gasteiger partial charge >= 0.3 is 6.03 Å². The Kier molecular flexibility index (Phi) is 6.47. The van der Waals surface area contributed by atoms with Gasteiger partial charge in [-0.05, 0) is 42.3 Å². The lowest BCUT2D eigenvalue weighted by atomic mass is 10.2. The topological polar surface area (TPSA) is 53.0 Å². The summed E-state index contributed by atoms with van der Waals surface area (Å²) < 4.78 is 5.62. The van der Waals surface area contributed by atoms with Crippen LogP contribution in [0.1, 0.15) is 12.5 Å². The summed E-state index contributed by atoms with van der Waals surface area (Å²) in [5.74, 6) is 0.705. The van der Waals surface area contributed by atoms with Gasteiger partial charge in [-0.15, -0.1) is 0 Å². The van der Waals surface area contributed by atoms with Crippen molar-refractivity contribution in [3.05, 3.63) is 58.1 Å². The lowest BCUT2D eigenvalue weighted by Crippen LogP contribution is -2.39. The number of β-amino-alcohol motifs (C(OH)–C–C–N with tert-alkyl or cyclic N) is 1. The Morgan fingerprint density at radius 2 is 1.85 bits per heavy atom. The third-order valence-corrected chi connectivity index (χ3v) is 5.25. The number of halogens is 2. The summed E-state index contributed by atoms with van der Waals surface area (Å²) in [6.45, 7) is 3.49. The van der Waals surface area contributed by atoms with Crippen molar-refractivity contribution in [1.82, 2.24) is 4.90 Å². The summed E-state index contributed by atoms with van der Waals surface area (Å²) in [4.78, 5) is 15.8. The van der Waals surface area contributed by atoms with Crippen molar-refractivity contribution in [2.75, 3.05) is 31.1 Å². The molecule has 1 aliphatic rings. The van der Waals surface area contributed by atoms with E-state index < -0.39 is 6.10 Å². The van der Waals surface area contributed by atoms with Crippen molar-refractivity contribution in [1.29, 1.82) is 0 Å². The second-order valence-electron chi connectivity index (χ2n) is 6.44. The van der Waals surface area contributed by atoms with Gasteiger partial charge in [0.25, 0.3) is 0 Å². The lowest BCUT2D eigenvalue weighted by molar-refractivity contribution is 0.0828. The van der Waals surface area contributed by atoms with E-state index in [1.165, 1.54) is 5.56 Å². The molecule has 1 fully saturated rings. The smallest absolute Gasteiger partial charge is 0.324 e. The Bertz CT molecular complexity index is 798. The van der Waals surface area contributed by atoms with Crippen LogP contribution in [0.2, 0.25) is 10.0 Å². The molecule has 1 atom stereocenters. The van der Waals surface area contributed by atoms with Crippen LogP contribution in [-0.4, -0.2) is 48.4 Å². The number of nitrogens with zero attached hydrogens (tertiary/aromatic N) is 2. The summed E-state index contributed by atoms with van der Waals surface area (Å²) >= 11 is 12.0. The van der Waals surface area contributed by atoms with Crippen molar-refractivity contribution in [2.24, 2.45) is 0 Å². The van der Waals surface area contributed by atoms with Crippen molar-refractivity contribution in [2.45, 2.75) is 19.4 Å². The van der Waals surface area contributed by atoms with Crippen molar-refractivity contribution in [3.8, 4) is 5.75 Å². The third kappa shape index (κ3) is 4.86. The number of hydrogen-bond acceptors (Lipinski definition) is 3. The molecular weight excluding hydrogens is 387 g/mol. The Hall–Kier alpha value is -1.95. The van der Waals surface area contributed by atoms with Crippen LogP contribution in [0, 0.1) is 0 Å². The van der Waals surface area contributed by atoms with Crippen molar-refractivity contribution in [3.63, 3.8) is 0 Å². The minimum atomic E-state index is -0.770. The van der Waals surface area contributed by atoms with Gasteiger partial charge in [-0.2, -0.15) is 0 Å². The van der Waals surface area contributed by atoms with Crippen LogP contribution in [0.15, 0.2) is 42.5 Å². The highest BCUT2D eigenvalue weighted by molar-refractivity contribution is 6.42. The number of aliphatic hydroxyl groups is 1. The summed E-state index contributed by atoms with van der Waals surface area (Å²) in [7, 11) is 0. The first-order chi connectivity index (χ1) is 13.0. The minimum Gasteiger partial charge on any atom is -0.491 e. The molecule has 2 aromatic carbocycles. The number of amides is 2. The SMILES string of the molecule is CCc1ccc(OC[C@@H](O)CN2CCN(c3ccc(Cl)c(Cl)c3)C2=O)cc1. The number of rotatable bonds is 7. The molecule has 0 aliphatic carbocycles. The Balaban J connectivity index is 1.52. The maximum absolute atomic E-state index is 12.6. The number of anilines is 1. The van der Waals surface area contributed by atoms with Crippen LogP contribution in [0.4, 0.5) is 10.5 Å². The van der Waals surface area contributed by atoms with Crippen LogP contribution >= 0.6 is 23.2 Å². The fourth-order valence-corrected chi connectivity index (χ4v) is 3.26. The molecule has 2 aromatic rings. The predicted molar refractivity (Wildman–Crippen MR) is 108 cm³/mol. The average molecular weight is 409 g/mol. The van der Waals surface area contributed by atoms with Crippen LogP contribution < -0.4 is 9.64 Å². The molecule has 1 aliphatic heterocycles.